The van der Waals surface area contributed by atoms with Gasteiger partial charge in [-0.15, -0.1) is 0 Å². The van der Waals surface area contributed by atoms with Gasteiger partial charge < -0.3 is 15.8 Å². The highest BCUT2D eigenvalue weighted by Gasteiger charge is 2.50. The minimum atomic E-state index is -1.79. The van der Waals surface area contributed by atoms with Gasteiger partial charge in [0, 0.05) is 17.7 Å². The molecule has 0 unspecified atom stereocenters. The Balaban J connectivity index is 2.30. The summed E-state index contributed by atoms with van der Waals surface area (Å²) in [5.74, 6) is -1.63. The third-order valence-corrected chi connectivity index (χ3v) is 5.32. The minimum Gasteiger partial charge on any atom is -0.464 e. The molecule has 5 N–H and O–H groups in total. The lowest BCUT2D eigenvalue weighted by Crippen LogP contribution is -2.61. The predicted octanol–water partition coefficient (Wildman–Crippen LogP) is 2.80. The second kappa shape index (κ2) is 11.5. The Bertz CT molecular complexity index is 1190. The van der Waals surface area contributed by atoms with Gasteiger partial charge in [0.1, 0.15) is 0 Å². The third kappa shape index (κ3) is 5.64. The van der Waals surface area contributed by atoms with Crippen molar-refractivity contribution in [2.24, 2.45) is 5.73 Å². The molecule has 0 aromatic heterocycles. The number of hydrogen-bond acceptors (Lipinski definition) is 5. The van der Waals surface area contributed by atoms with Gasteiger partial charge in [-0.25, -0.2) is 9.80 Å². The van der Waals surface area contributed by atoms with E-state index in [0.717, 1.165) is 10.6 Å². The Morgan fingerprint density at radius 2 is 1.69 bits per heavy atom. The van der Waals surface area contributed by atoms with E-state index >= 15 is 0 Å². The van der Waals surface area contributed by atoms with Crippen molar-refractivity contribution in [2.75, 3.05) is 11.9 Å². The molecule has 0 spiro atoms. The summed E-state index contributed by atoms with van der Waals surface area (Å²) in [5.41, 5.74) is 7.94. The van der Waals surface area contributed by atoms with Crippen molar-refractivity contribution in [3.63, 3.8) is 0 Å². The molecule has 1 atom stereocenters. The maximum atomic E-state index is 13.8. The number of guanidine groups is 1. The molecule has 0 radical (unpaired) electrons. The molecule has 35 heavy (non-hydrogen) atoms. The molecule has 180 valence electrons. The Kier molecular flexibility index (Phi) is 8.18. The number of nitrogens with two attached hydrogens (primary N) is 1. The molecular formula is C26H27N5O4. The van der Waals surface area contributed by atoms with Crippen LogP contribution < -0.4 is 16.5 Å². The molecule has 9 nitrogen and oxygen atoms in total. The van der Waals surface area contributed by atoms with Crippen molar-refractivity contribution in [1.29, 1.82) is 5.41 Å². The standard InChI is InChI=1S/C26H27N5O4/c1-2-35-24(34)26(17-19-10-5-3-6-11-19,21-14-9-15-22(16-21)30-25(27)28)31(29-18-32)23(33)20-12-7-4-8-13-20/h3-16,18H,2,17H2,1H3,(H,29,32)(H4,27,28,30)/t26-/m1/s1. The van der Waals surface area contributed by atoms with Crippen LogP contribution in [-0.4, -0.2) is 35.9 Å². The molecule has 0 aliphatic rings. The summed E-state index contributed by atoms with van der Waals surface area (Å²) < 4.78 is 5.49. The lowest BCUT2D eigenvalue weighted by Gasteiger charge is -2.41. The zero-order valence-electron chi connectivity index (χ0n) is 19.2. The van der Waals surface area contributed by atoms with Crippen LogP contribution >= 0.6 is 0 Å². The summed E-state index contributed by atoms with van der Waals surface area (Å²) in [4.78, 5) is 39.3. The zero-order chi connectivity index (χ0) is 25.3. The van der Waals surface area contributed by atoms with Crippen molar-refractivity contribution in [1.82, 2.24) is 10.4 Å². The number of carbonyl (C=O) groups is 3. The first-order valence-corrected chi connectivity index (χ1v) is 10.9. The van der Waals surface area contributed by atoms with Crippen molar-refractivity contribution < 1.29 is 19.1 Å². The van der Waals surface area contributed by atoms with E-state index in [9.17, 15) is 14.4 Å². The molecule has 3 aromatic rings. The number of nitrogens with zero attached hydrogens (tertiary/aromatic N) is 1. The van der Waals surface area contributed by atoms with Gasteiger partial charge >= 0.3 is 5.97 Å². The monoisotopic (exact) mass is 473 g/mol. The average molecular weight is 474 g/mol. The van der Waals surface area contributed by atoms with Gasteiger partial charge in [0.25, 0.3) is 5.91 Å². The second-order valence-electron chi connectivity index (χ2n) is 7.62. The maximum Gasteiger partial charge on any atom is 0.339 e. The lowest BCUT2D eigenvalue weighted by atomic mass is 9.82. The first-order chi connectivity index (χ1) is 16.9. The fourth-order valence-electron chi connectivity index (χ4n) is 3.85. The summed E-state index contributed by atoms with van der Waals surface area (Å²) in [6.07, 6.45) is 0.340. The second-order valence-corrected chi connectivity index (χ2v) is 7.62. The SMILES string of the molecule is CCOC(=O)[C@@](Cc1ccccc1)(c1cccc(NC(=N)N)c1)N(NC=O)C(=O)c1ccccc1. The van der Waals surface area contributed by atoms with E-state index in [1.807, 2.05) is 30.3 Å². The van der Waals surface area contributed by atoms with Crippen LogP contribution in [0.1, 0.15) is 28.4 Å². The van der Waals surface area contributed by atoms with Crippen LogP contribution in [-0.2, 0) is 26.3 Å². The fraction of sp³-hybridized carbons (Fsp3) is 0.154. The number of hydrogen-bond donors (Lipinski definition) is 4. The first kappa shape index (κ1) is 25.0. The van der Waals surface area contributed by atoms with Gasteiger partial charge in [0.15, 0.2) is 11.5 Å². The Hall–Kier alpha value is -4.66. The van der Waals surface area contributed by atoms with Crippen LogP contribution in [0, 0.1) is 5.41 Å². The highest BCUT2D eigenvalue weighted by Crippen LogP contribution is 2.36. The topological polar surface area (TPSA) is 138 Å². The van der Waals surface area contributed by atoms with Crippen molar-refractivity contribution in [2.45, 2.75) is 18.9 Å². The van der Waals surface area contributed by atoms with E-state index in [1.165, 1.54) is 0 Å². The van der Waals surface area contributed by atoms with Gasteiger partial charge in [-0.05, 0) is 42.3 Å². The van der Waals surface area contributed by atoms with Crippen molar-refractivity contribution in [3.05, 3.63) is 102 Å². The van der Waals surface area contributed by atoms with Crippen LogP contribution in [0.4, 0.5) is 5.69 Å². The number of esters is 1. The van der Waals surface area contributed by atoms with E-state index < -0.39 is 17.4 Å². The quantitative estimate of drug-likeness (QED) is 0.117. The molecule has 3 aromatic carbocycles. The highest BCUT2D eigenvalue weighted by atomic mass is 16.5. The molecule has 0 bridgehead atoms. The van der Waals surface area contributed by atoms with E-state index in [2.05, 4.69) is 10.7 Å². The molecule has 0 saturated heterocycles. The lowest BCUT2D eigenvalue weighted by molar-refractivity contribution is -0.159. The van der Waals surface area contributed by atoms with E-state index in [-0.39, 0.29) is 24.6 Å². The van der Waals surface area contributed by atoms with Gasteiger partial charge in [0.05, 0.1) is 6.61 Å². The summed E-state index contributed by atoms with van der Waals surface area (Å²) >= 11 is 0. The van der Waals surface area contributed by atoms with Crippen LogP contribution in [0.25, 0.3) is 0 Å². The van der Waals surface area contributed by atoms with Crippen LogP contribution in [0.3, 0.4) is 0 Å². The smallest absolute Gasteiger partial charge is 0.339 e. The van der Waals surface area contributed by atoms with Crippen molar-refractivity contribution in [3.8, 4) is 0 Å². The molecule has 9 heteroatoms. The summed E-state index contributed by atoms with van der Waals surface area (Å²) in [5, 5.41) is 11.3. The predicted molar refractivity (Wildman–Crippen MR) is 132 cm³/mol. The molecule has 2 amide bonds. The molecular weight excluding hydrogens is 446 g/mol. The highest BCUT2D eigenvalue weighted by molar-refractivity contribution is 5.99. The number of hydrazine groups is 1. The number of nitrogens with one attached hydrogen (secondary N) is 3. The van der Waals surface area contributed by atoms with E-state index in [0.29, 0.717) is 17.7 Å². The molecule has 0 aliphatic carbocycles. The van der Waals surface area contributed by atoms with E-state index in [1.54, 1.807) is 61.5 Å². The molecule has 0 fully saturated rings. The van der Waals surface area contributed by atoms with Crippen LogP contribution in [0.2, 0.25) is 0 Å². The molecule has 0 heterocycles. The molecule has 0 aliphatic heterocycles. The number of amides is 2. The number of rotatable bonds is 10. The maximum absolute atomic E-state index is 13.8. The summed E-state index contributed by atoms with van der Waals surface area (Å²) in [6.45, 7) is 1.71. The van der Waals surface area contributed by atoms with Gasteiger partial charge in [0.2, 0.25) is 6.41 Å². The fourth-order valence-corrected chi connectivity index (χ4v) is 3.85. The minimum absolute atomic E-state index is 0.00435. The van der Waals surface area contributed by atoms with Crippen LogP contribution in [0.5, 0.6) is 0 Å². The molecule has 0 saturated carbocycles. The third-order valence-electron chi connectivity index (χ3n) is 5.32. The summed E-state index contributed by atoms with van der Waals surface area (Å²) in [6, 6.07) is 24.0. The largest absolute Gasteiger partial charge is 0.464 e. The Labute approximate surface area is 203 Å². The zero-order valence-corrected chi connectivity index (χ0v) is 19.2. The van der Waals surface area contributed by atoms with Gasteiger partial charge in [-0.1, -0.05) is 60.7 Å². The van der Waals surface area contributed by atoms with E-state index in [4.69, 9.17) is 15.9 Å². The Morgan fingerprint density at radius 1 is 1.03 bits per heavy atom. The van der Waals surface area contributed by atoms with Gasteiger partial charge in [-0.3, -0.25) is 20.4 Å². The average Bonchev–Trinajstić information content (AvgIpc) is 2.87. The Morgan fingerprint density at radius 3 is 2.29 bits per heavy atom. The normalized spacial score (nSPS) is 12.0. The first-order valence-electron chi connectivity index (χ1n) is 10.9. The van der Waals surface area contributed by atoms with Crippen molar-refractivity contribution >= 4 is 29.9 Å². The summed E-state index contributed by atoms with van der Waals surface area (Å²) in [7, 11) is 0. The number of carbonyl (C=O) groups excluding carboxylic acids is 3. The number of ether oxygens (including phenoxy) is 1. The van der Waals surface area contributed by atoms with Crippen LogP contribution in [0.15, 0.2) is 84.9 Å². The number of benzene rings is 3. The molecule has 3 rings (SSSR count). The van der Waals surface area contributed by atoms with Gasteiger partial charge in [-0.2, -0.15) is 0 Å². The number of anilines is 1.